The highest BCUT2D eigenvalue weighted by molar-refractivity contribution is 5.20. The van der Waals surface area contributed by atoms with Crippen molar-refractivity contribution in [3.8, 4) is 5.75 Å². The van der Waals surface area contributed by atoms with Crippen LogP contribution in [0.2, 0.25) is 0 Å². The van der Waals surface area contributed by atoms with E-state index in [1.807, 2.05) is 41.2 Å². The lowest BCUT2D eigenvalue weighted by Crippen LogP contribution is -2.08. The van der Waals surface area contributed by atoms with Gasteiger partial charge in [-0.1, -0.05) is 18.2 Å². The molecule has 0 fully saturated rings. The molecule has 84 valence electrons. The summed E-state index contributed by atoms with van der Waals surface area (Å²) in [6.45, 7) is 1.87. The summed E-state index contributed by atoms with van der Waals surface area (Å²) >= 11 is 0. The summed E-state index contributed by atoms with van der Waals surface area (Å²) in [6.07, 6.45) is 3.72. The number of hydrogen-bond donors (Lipinski definition) is 1. The van der Waals surface area contributed by atoms with Crippen molar-refractivity contribution >= 4 is 0 Å². The van der Waals surface area contributed by atoms with Gasteiger partial charge in [0.1, 0.15) is 12.4 Å². The van der Waals surface area contributed by atoms with Crippen LogP contribution in [0.1, 0.15) is 5.56 Å². The number of aromatic nitrogens is 2. The molecule has 0 aliphatic carbocycles. The lowest BCUT2D eigenvalue weighted by atomic mass is 10.3. The number of nitrogens with zero attached hydrogens (tertiary/aromatic N) is 2. The molecule has 0 spiro atoms. The molecule has 0 saturated carbocycles. The van der Waals surface area contributed by atoms with E-state index in [2.05, 4.69) is 5.10 Å². The maximum absolute atomic E-state index is 5.56. The minimum Gasteiger partial charge on any atom is -0.492 e. The molecule has 0 aliphatic heterocycles. The van der Waals surface area contributed by atoms with Gasteiger partial charge < -0.3 is 10.5 Å². The van der Waals surface area contributed by atoms with Gasteiger partial charge in [-0.3, -0.25) is 4.68 Å². The molecule has 2 aromatic rings. The molecular formula is C12H15N3O. The Morgan fingerprint density at radius 2 is 2.06 bits per heavy atom. The second-order valence-corrected chi connectivity index (χ2v) is 3.48. The molecule has 0 atom stereocenters. The largest absolute Gasteiger partial charge is 0.492 e. The first-order valence-corrected chi connectivity index (χ1v) is 5.28. The van der Waals surface area contributed by atoms with E-state index in [1.54, 1.807) is 6.20 Å². The Morgan fingerprint density at radius 1 is 1.25 bits per heavy atom. The summed E-state index contributed by atoms with van der Waals surface area (Å²) < 4.78 is 7.40. The minimum absolute atomic E-state index is 0.527. The molecule has 2 rings (SSSR count). The first-order valence-electron chi connectivity index (χ1n) is 5.28. The molecular weight excluding hydrogens is 202 g/mol. The number of nitrogens with two attached hydrogens (primary N) is 1. The van der Waals surface area contributed by atoms with Crippen molar-refractivity contribution in [1.82, 2.24) is 9.78 Å². The zero-order valence-electron chi connectivity index (χ0n) is 9.04. The molecule has 4 nitrogen and oxygen atoms in total. The molecule has 0 radical (unpaired) electrons. The molecule has 0 bridgehead atoms. The number of rotatable bonds is 5. The highest BCUT2D eigenvalue weighted by Crippen LogP contribution is 2.08. The predicted molar refractivity (Wildman–Crippen MR) is 62.1 cm³/mol. The molecule has 4 heteroatoms. The predicted octanol–water partition coefficient (Wildman–Crippen LogP) is 1.42. The Morgan fingerprint density at radius 3 is 2.75 bits per heavy atom. The average Bonchev–Trinajstić information content (AvgIpc) is 2.78. The fourth-order valence-corrected chi connectivity index (χ4v) is 1.41. The summed E-state index contributed by atoms with van der Waals surface area (Å²) in [7, 11) is 0. The molecule has 0 unspecified atom stereocenters. The molecule has 16 heavy (non-hydrogen) atoms. The fourth-order valence-electron chi connectivity index (χ4n) is 1.41. The van der Waals surface area contributed by atoms with Gasteiger partial charge in [0.05, 0.1) is 12.7 Å². The third kappa shape index (κ3) is 2.84. The van der Waals surface area contributed by atoms with Gasteiger partial charge in [0.25, 0.3) is 0 Å². The molecule has 0 amide bonds. The Bertz CT molecular complexity index is 425. The Labute approximate surface area is 94.6 Å². The van der Waals surface area contributed by atoms with E-state index >= 15 is 0 Å². The molecule has 1 aromatic heterocycles. The van der Waals surface area contributed by atoms with Crippen LogP contribution in [0.25, 0.3) is 0 Å². The van der Waals surface area contributed by atoms with E-state index in [9.17, 15) is 0 Å². The van der Waals surface area contributed by atoms with Gasteiger partial charge in [0.2, 0.25) is 0 Å². The van der Waals surface area contributed by atoms with E-state index in [1.165, 1.54) is 0 Å². The smallest absolute Gasteiger partial charge is 0.119 e. The lowest BCUT2D eigenvalue weighted by Gasteiger charge is -2.05. The average molecular weight is 217 g/mol. The zero-order valence-corrected chi connectivity index (χ0v) is 9.04. The van der Waals surface area contributed by atoms with Crippen LogP contribution in [0, 0.1) is 0 Å². The van der Waals surface area contributed by atoms with Crippen LogP contribution >= 0.6 is 0 Å². The van der Waals surface area contributed by atoms with Crippen molar-refractivity contribution in [1.29, 1.82) is 0 Å². The van der Waals surface area contributed by atoms with Gasteiger partial charge in [-0.2, -0.15) is 5.10 Å². The molecule has 2 N–H and O–H groups in total. The van der Waals surface area contributed by atoms with Crippen LogP contribution in [-0.2, 0) is 13.1 Å². The first kappa shape index (κ1) is 10.7. The maximum Gasteiger partial charge on any atom is 0.119 e. The second kappa shape index (κ2) is 5.32. The van der Waals surface area contributed by atoms with E-state index in [0.29, 0.717) is 13.2 Å². The third-order valence-electron chi connectivity index (χ3n) is 2.25. The van der Waals surface area contributed by atoms with Gasteiger partial charge in [-0.05, 0) is 12.1 Å². The van der Waals surface area contributed by atoms with Gasteiger partial charge in [-0.15, -0.1) is 0 Å². The summed E-state index contributed by atoms with van der Waals surface area (Å²) in [5.74, 6) is 0.883. The Kier molecular flexibility index (Phi) is 3.56. The number of para-hydroxylation sites is 1. The van der Waals surface area contributed by atoms with Gasteiger partial charge in [0.15, 0.2) is 0 Å². The van der Waals surface area contributed by atoms with Crippen LogP contribution in [0.5, 0.6) is 5.75 Å². The number of hydrogen-bond acceptors (Lipinski definition) is 3. The lowest BCUT2D eigenvalue weighted by molar-refractivity contribution is 0.291. The van der Waals surface area contributed by atoms with E-state index in [0.717, 1.165) is 17.9 Å². The second-order valence-electron chi connectivity index (χ2n) is 3.48. The normalized spacial score (nSPS) is 10.3. The van der Waals surface area contributed by atoms with Crippen LogP contribution < -0.4 is 10.5 Å². The number of ether oxygens (including phenoxy) is 1. The van der Waals surface area contributed by atoms with Gasteiger partial charge in [-0.25, -0.2) is 0 Å². The maximum atomic E-state index is 5.56. The summed E-state index contributed by atoms with van der Waals surface area (Å²) in [5, 5.41) is 4.17. The standard InChI is InChI=1S/C12H15N3O/c13-8-11-9-14-15(10-11)6-7-16-12-4-2-1-3-5-12/h1-5,9-10H,6-8,13H2. The summed E-state index contributed by atoms with van der Waals surface area (Å²) in [5.41, 5.74) is 6.54. The highest BCUT2D eigenvalue weighted by atomic mass is 16.5. The van der Waals surface area contributed by atoms with Crippen molar-refractivity contribution in [3.63, 3.8) is 0 Å². The van der Waals surface area contributed by atoms with Crippen molar-refractivity contribution in [2.24, 2.45) is 5.73 Å². The van der Waals surface area contributed by atoms with Gasteiger partial charge in [0, 0.05) is 18.3 Å². The van der Waals surface area contributed by atoms with Crippen molar-refractivity contribution in [2.75, 3.05) is 6.61 Å². The topological polar surface area (TPSA) is 53.1 Å². The quantitative estimate of drug-likeness (QED) is 0.824. The van der Waals surface area contributed by atoms with Crippen molar-refractivity contribution < 1.29 is 4.74 Å². The molecule has 0 aliphatic rings. The van der Waals surface area contributed by atoms with Crippen LogP contribution in [0.3, 0.4) is 0 Å². The minimum atomic E-state index is 0.527. The van der Waals surface area contributed by atoms with E-state index in [-0.39, 0.29) is 0 Å². The van der Waals surface area contributed by atoms with Crippen molar-refractivity contribution in [2.45, 2.75) is 13.1 Å². The number of benzene rings is 1. The first-order chi connectivity index (χ1) is 7.88. The van der Waals surface area contributed by atoms with E-state index in [4.69, 9.17) is 10.5 Å². The monoisotopic (exact) mass is 217 g/mol. The Balaban J connectivity index is 1.80. The fraction of sp³-hybridized carbons (Fsp3) is 0.250. The SMILES string of the molecule is NCc1cnn(CCOc2ccccc2)c1. The summed E-state index contributed by atoms with van der Waals surface area (Å²) in [4.78, 5) is 0. The summed E-state index contributed by atoms with van der Waals surface area (Å²) in [6, 6.07) is 9.75. The van der Waals surface area contributed by atoms with Crippen LogP contribution in [-0.4, -0.2) is 16.4 Å². The molecule has 0 saturated heterocycles. The third-order valence-corrected chi connectivity index (χ3v) is 2.25. The zero-order chi connectivity index (χ0) is 11.2. The molecule has 1 heterocycles. The van der Waals surface area contributed by atoms with Crippen LogP contribution in [0.15, 0.2) is 42.7 Å². The van der Waals surface area contributed by atoms with E-state index < -0.39 is 0 Å². The van der Waals surface area contributed by atoms with Crippen LogP contribution in [0.4, 0.5) is 0 Å². The highest BCUT2D eigenvalue weighted by Gasteiger charge is 1.97. The molecule has 1 aromatic carbocycles. The van der Waals surface area contributed by atoms with Crippen molar-refractivity contribution in [3.05, 3.63) is 48.3 Å². The van der Waals surface area contributed by atoms with Gasteiger partial charge >= 0.3 is 0 Å². The Hall–Kier alpha value is -1.81.